The SMILES string of the molecule is CC[C@H]1CNCC[C@H]1c1cccc2ccsc12.Cl. The second-order valence-electron chi connectivity index (χ2n) is 4.95. The summed E-state index contributed by atoms with van der Waals surface area (Å²) in [4.78, 5) is 0. The number of thiophene rings is 1. The Bertz CT molecular complexity index is 508. The van der Waals surface area contributed by atoms with Crippen LogP contribution in [0.3, 0.4) is 0 Å². The third-order valence-corrected chi connectivity index (χ3v) is 5.02. The minimum absolute atomic E-state index is 0. The zero-order chi connectivity index (χ0) is 11.7. The monoisotopic (exact) mass is 281 g/mol. The van der Waals surface area contributed by atoms with Crippen molar-refractivity contribution in [2.75, 3.05) is 13.1 Å². The van der Waals surface area contributed by atoms with Crippen LogP contribution < -0.4 is 5.32 Å². The van der Waals surface area contributed by atoms with Gasteiger partial charge < -0.3 is 5.32 Å². The highest BCUT2D eigenvalue weighted by molar-refractivity contribution is 7.17. The summed E-state index contributed by atoms with van der Waals surface area (Å²) in [7, 11) is 0. The largest absolute Gasteiger partial charge is 0.316 e. The third kappa shape index (κ3) is 2.42. The molecule has 0 amide bonds. The van der Waals surface area contributed by atoms with Gasteiger partial charge in [0.05, 0.1) is 0 Å². The summed E-state index contributed by atoms with van der Waals surface area (Å²) in [6.45, 7) is 4.67. The summed E-state index contributed by atoms with van der Waals surface area (Å²) in [5, 5.41) is 7.17. The van der Waals surface area contributed by atoms with Crippen LogP contribution in [0.25, 0.3) is 10.1 Å². The van der Waals surface area contributed by atoms with Crippen LogP contribution in [0.5, 0.6) is 0 Å². The van der Waals surface area contributed by atoms with Gasteiger partial charge in [0.15, 0.2) is 0 Å². The number of rotatable bonds is 2. The van der Waals surface area contributed by atoms with Gasteiger partial charge in [-0.05, 0) is 53.7 Å². The van der Waals surface area contributed by atoms with Crippen molar-refractivity contribution in [3.63, 3.8) is 0 Å². The second-order valence-corrected chi connectivity index (χ2v) is 5.87. The van der Waals surface area contributed by atoms with Gasteiger partial charge in [-0.15, -0.1) is 23.7 Å². The first-order valence-electron chi connectivity index (χ1n) is 6.57. The van der Waals surface area contributed by atoms with Crippen molar-refractivity contribution in [2.45, 2.75) is 25.7 Å². The molecule has 1 fully saturated rings. The van der Waals surface area contributed by atoms with Gasteiger partial charge in [-0.1, -0.05) is 31.5 Å². The zero-order valence-corrected chi connectivity index (χ0v) is 12.3. The normalized spacial score (nSPS) is 23.8. The van der Waals surface area contributed by atoms with Gasteiger partial charge in [-0.2, -0.15) is 0 Å². The molecule has 0 saturated carbocycles. The molecule has 18 heavy (non-hydrogen) atoms. The van der Waals surface area contributed by atoms with E-state index in [0.717, 1.165) is 11.8 Å². The lowest BCUT2D eigenvalue weighted by atomic mass is 9.79. The molecule has 3 heteroatoms. The number of hydrogen-bond donors (Lipinski definition) is 1. The molecule has 2 heterocycles. The van der Waals surface area contributed by atoms with E-state index in [0.29, 0.717) is 0 Å². The fourth-order valence-electron chi connectivity index (χ4n) is 3.07. The van der Waals surface area contributed by atoms with Crippen LogP contribution in [0.2, 0.25) is 0 Å². The fraction of sp³-hybridized carbons (Fsp3) is 0.467. The van der Waals surface area contributed by atoms with Crippen molar-refractivity contribution in [1.82, 2.24) is 5.32 Å². The van der Waals surface area contributed by atoms with Crippen LogP contribution in [0.1, 0.15) is 31.2 Å². The highest BCUT2D eigenvalue weighted by atomic mass is 35.5. The Morgan fingerprint density at radius 1 is 1.33 bits per heavy atom. The van der Waals surface area contributed by atoms with E-state index >= 15 is 0 Å². The molecule has 2 atom stereocenters. The molecule has 0 aliphatic carbocycles. The summed E-state index contributed by atoms with van der Waals surface area (Å²) in [5.41, 5.74) is 1.59. The molecule has 1 nitrogen and oxygen atoms in total. The lowest BCUT2D eigenvalue weighted by Crippen LogP contribution is -2.35. The van der Waals surface area contributed by atoms with E-state index in [1.54, 1.807) is 5.56 Å². The average Bonchev–Trinajstić information content (AvgIpc) is 2.86. The van der Waals surface area contributed by atoms with Crippen molar-refractivity contribution < 1.29 is 0 Å². The van der Waals surface area contributed by atoms with Crippen LogP contribution in [-0.4, -0.2) is 13.1 Å². The van der Waals surface area contributed by atoms with Gasteiger partial charge in [0.2, 0.25) is 0 Å². The molecule has 1 aliphatic heterocycles. The predicted molar refractivity (Wildman–Crippen MR) is 83.1 cm³/mol. The Balaban J connectivity index is 0.00000120. The number of benzene rings is 1. The molecule has 1 saturated heterocycles. The van der Waals surface area contributed by atoms with Gasteiger partial charge in [0.25, 0.3) is 0 Å². The zero-order valence-electron chi connectivity index (χ0n) is 10.7. The van der Waals surface area contributed by atoms with E-state index in [9.17, 15) is 0 Å². The van der Waals surface area contributed by atoms with E-state index in [2.05, 4.69) is 41.9 Å². The first kappa shape index (κ1) is 13.9. The Morgan fingerprint density at radius 2 is 2.22 bits per heavy atom. The summed E-state index contributed by atoms with van der Waals surface area (Å²) in [5.74, 6) is 1.56. The smallest absolute Gasteiger partial charge is 0.0377 e. The summed E-state index contributed by atoms with van der Waals surface area (Å²) in [6, 6.07) is 9.04. The van der Waals surface area contributed by atoms with Gasteiger partial charge in [0, 0.05) is 4.70 Å². The maximum Gasteiger partial charge on any atom is 0.0377 e. The molecule has 1 aromatic carbocycles. The molecule has 1 aliphatic rings. The Labute approximate surface area is 119 Å². The maximum atomic E-state index is 3.53. The standard InChI is InChI=1S/C15H19NS.ClH/c1-2-11-10-16-8-6-13(11)14-5-3-4-12-7-9-17-15(12)14;/h3-5,7,9,11,13,16H,2,6,8,10H2,1H3;1H/t11-,13+;/m0./s1. The number of nitrogens with one attached hydrogen (secondary N) is 1. The van der Waals surface area contributed by atoms with Gasteiger partial charge >= 0.3 is 0 Å². The fourth-order valence-corrected chi connectivity index (χ4v) is 4.05. The molecule has 0 spiro atoms. The van der Waals surface area contributed by atoms with Gasteiger partial charge in [0.1, 0.15) is 0 Å². The Hall–Kier alpha value is -0.570. The molecule has 0 bridgehead atoms. The molecule has 1 N–H and O–H groups in total. The lowest BCUT2D eigenvalue weighted by molar-refractivity contribution is 0.319. The summed E-state index contributed by atoms with van der Waals surface area (Å²) >= 11 is 1.90. The van der Waals surface area contributed by atoms with Crippen molar-refractivity contribution in [2.24, 2.45) is 5.92 Å². The second kappa shape index (κ2) is 6.05. The van der Waals surface area contributed by atoms with Gasteiger partial charge in [-0.25, -0.2) is 0 Å². The number of piperidine rings is 1. The predicted octanol–water partition coefficient (Wildman–Crippen LogP) is 4.43. The highest BCUT2D eigenvalue weighted by Crippen LogP contribution is 2.38. The summed E-state index contributed by atoms with van der Waals surface area (Å²) in [6.07, 6.45) is 2.56. The van der Waals surface area contributed by atoms with E-state index in [-0.39, 0.29) is 12.4 Å². The minimum Gasteiger partial charge on any atom is -0.316 e. The summed E-state index contributed by atoms with van der Waals surface area (Å²) < 4.78 is 1.51. The van der Waals surface area contributed by atoms with Crippen LogP contribution in [0, 0.1) is 5.92 Å². The van der Waals surface area contributed by atoms with E-state index in [1.165, 1.54) is 36.0 Å². The van der Waals surface area contributed by atoms with Crippen molar-refractivity contribution in [3.8, 4) is 0 Å². The molecule has 3 rings (SSSR count). The van der Waals surface area contributed by atoms with E-state index < -0.39 is 0 Å². The first-order valence-corrected chi connectivity index (χ1v) is 7.45. The molecular formula is C15H20ClNS. The van der Waals surface area contributed by atoms with E-state index in [1.807, 2.05) is 11.3 Å². The topological polar surface area (TPSA) is 12.0 Å². The van der Waals surface area contributed by atoms with Crippen molar-refractivity contribution >= 4 is 33.8 Å². The van der Waals surface area contributed by atoms with Crippen molar-refractivity contribution in [1.29, 1.82) is 0 Å². The van der Waals surface area contributed by atoms with Crippen LogP contribution in [-0.2, 0) is 0 Å². The molecule has 0 radical (unpaired) electrons. The molecule has 2 aromatic rings. The molecule has 0 unspecified atom stereocenters. The average molecular weight is 282 g/mol. The molecule has 1 aromatic heterocycles. The lowest BCUT2D eigenvalue weighted by Gasteiger charge is -2.32. The maximum absolute atomic E-state index is 3.53. The third-order valence-electron chi connectivity index (χ3n) is 4.04. The molecule has 98 valence electrons. The van der Waals surface area contributed by atoms with Crippen LogP contribution in [0.4, 0.5) is 0 Å². The minimum atomic E-state index is 0. The molecular weight excluding hydrogens is 262 g/mol. The first-order chi connectivity index (χ1) is 8.40. The van der Waals surface area contributed by atoms with E-state index in [4.69, 9.17) is 0 Å². The Morgan fingerprint density at radius 3 is 3.06 bits per heavy atom. The van der Waals surface area contributed by atoms with Crippen molar-refractivity contribution in [3.05, 3.63) is 35.2 Å². The number of halogens is 1. The van der Waals surface area contributed by atoms with Crippen LogP contribution >= 0.6 is 23.7 Å². The quantitative estimate of drug-likeness (QED) is 0.859. The van der Waals surface area contributed by atoms with Crippen LogP contribution in [0.15, 0.2) is 29.6 Å². The Kier molecular flexibility index (Phi) is 4.66. The highest BCUT2D eigenvalue weighted by Gasteiger charge is 2.26. The number of hydrogen-bond acceptors (Lipinski definition) is 2. The number of fused-ring (bicyclic) bond motifs is 1. The van der Waals surface area contributed by atoms with Gasteiger partial charge in [-0.3, -0.25) is 0 Å².